The van der Waals surface area contributed by atoms with E-state index in [0.717, 1.165) is 19.4 Å². The molecule has 3 unspecified atom stereocenters. The van der Waals surface area contributed by atoms with E-state index < -0.39 is 0 Å². The SMILES string of the molecule is COC(=O)C(C)C1CCNC(C)C1.Cl. The van der Waals surface area contributed by atoms with Gasteiger partial charge in [0.05, 0.1) is 13.0 Å². The van der Waals surface area contributed by atoms with Gasteiger partial charge in [-0.05, 0) is 32.2 Å². The van der Waals surface area contributed by atoms with E-state index >= 15 is 0 Å². The van der Waals surface area contributed by atoms with Gasteiger partial charge in [-0.3, -0.25) is 4.79 Å². The highest BCUT2D eigenvalue weighted by Crippen LogP contribution is 2.24. The highest BCUT2D eigenvalue weighted by molar-refractivity contribution is 5.85. The van der Waals surface area contributed by atoms with Crippen LogP contribution < -0.4 is 5.32 Å². The molecule has 0 aromatic carbocycles. The molecule has 0 amide bonds. The lowest BCUT2D eigenvalue weighted by Gasteiger charge is -2.30. The first kappa shape index (κ1) is 13.7. The number of hydrogen-bond acceptors (Lipinski definition) is 3. The summed E-state index contributed by atoms with van der Waals surface area (Å²) in [7, 11) is 1.46. The minimum atomic E-state index is -0.0703. The van der Waals surface area contributed by atoms with Crippen molar-refractivity contribution in [1.29, 1.82) is 0 Å². The molecule has 0 aromatic heterocycles. The van der Waals surface area contributed by atoms with Crippen molar-refractivity contribution in [2.45, 2.75) is 32.7 Å². The van der Waals surface area contributed by atoms with Crippen LogP contribution in [-0.2, 0) is 9.53 Å². The summed E-state index contributed by atoms with van der Waals surface area (Å²) in [6.45, 7) is 5.15. The predicted octanol–water partition coefficient (Wildman–Crippen LogP) is 1.61. The number of nitrogens with one attached hydrogen (secondary N) is 1. The Labute approximate surface area is 92.0 Å². The summed E-state index contributed by atoms with van der Waals surface area (Å²) in [5.41, 5.74) is 0. The van der Waals surface area contributed by atoms with Crippen LogP contribution in [0.1, 0.15) is 26.7 Å². The van der Waals surface area contributed by atoms with Crippen molar-refractivity contribution in [3.05, 3.63) is 0 Å². The van der Waals surface area contributed by atoms with E-state index in [1.165, 1.54) is 7.11 Å². The van der Waals surface area contributed by atoms with Gasteiger partial charge in [-0.15, -0.1) is 12.4 Å². The van der Waals surface area contributed by atoms with Crippen LogP contribution in [0, 0.1) is 11.8 Å². The Hall–Kier alpha value is -0.280. The van der Waals surface area contributed by atoms with E-state index in [9.17, 15) is 4.79 Å². The van der Waals surface area contributed by atoms with Crippen LogP contribution >= 0.6 is 12.4 Å². The topological polar surface area (TPSA) is 38.3 Å². The molecule has 0 radical (unpaired) electrons. The number of ether oxygens (including phenoxy) is 1. The zero-order valence-electron chi connectivity index (χ0n) is 9.08. The van der Waals surface area contributed by atoms with Gasteiger partial charge >= 0.3 is 5.97 Å². The first-order valence-corrected chi connectivity index (χ1v) is 4.96. The van der Waals surface area contributed by atoms with E-state index in [4.69, 9.17) is 4.74 Å². The monoisotopic (exact) mass is 221 g/mol. The molecule has 0 bridgehead atoms. The third-order valence-electron chi connectivity index (χ3n) is 2.94. The van der Waals surface area contributed by atoms with Crippen LogP contribution in [0.4, 0.5) is 0 Å². The second-order valence-electron chi connectivity index (χ2n) is 3.95. The summed E-state index contributed by atoms with van der Waals surface area (Å²) in [6.07, 6.45) is 2.16. The van der Waals surface area contributed by atoms with Gasteiger partial charge in [-0.25, -0.2) is 0 Å². The molecule has 84 valence electrons. The number of halogens is 1. The van der Waals surface area contributed by atoms with Gasteiger partial charge in [0.15, 0.2) is 0 Å². The number of rotatable bonds is 2. The van der Waals surface area contributed by atoms with Crippen LogP contribution in [0.15, 0.2) is 0 Å². The number of methoxy groups -OCH3 is 1. The van der Waals surface area contributed by atoms with Gasteiger partial charge in [0.25, 0.3) is 0 Å². The normalized spacial score (nSPS) is 28.8. The average Bonchev–Trinajstić information content (AvgIpc) is 2.15. The molecule has 1 saturated heterocycles. The molecule has 1 heterocycles. The van der Waals surface area contributed by atoms with Crippen molar-refractivity contribution < 1.29 is 9.53 Å². The zero-order chi connectivity index (χ0) is 9.84. The summed E-state index contributed by atoms with van der Waals surface area (Å²) in [6, 6.07) is 0.533. The molecule has 1 aliphatic rings. The van der Waals surface area contributed by atoms with Crippen molar-refractivity contribution in [2.24, 2.45) is 11.8 Å². The molecule has 0 spiro atoms. The largest absolute Gasteiger partial charge is 0.469 e. The minimum absolute atomic E-state index is 0. The molecule has 3 nitrogen and oxygen atoms in total. The maximum Gasteiger partial charge on any atom is 0.308 e. The Morgan fingerprint density at radius 2 is 2.21 bits per heavy atom. The molecule has 1 fully saturated rings. The molecule has 1 aliphatic heterocycles. The van der Waals surface area contributed by atoms with Gasteiger partial charge in [0, 0.05) is 6.04 Å². The Bertz CT molecular complexity index is 187. The maximum absolute atomic E-state index is 11.3. The lowest BCUT2D eigenvalue weighted by atomic mass is 9.83. The molecule has 14 heavy (non-hydrogen) atoms. The molecule has 0 aliphatic carbocycles. The average molecular weight is 222 g/mol. The molecule has 1 N–H and O–H groups in total. The number of carbonyl (C=O) groups is 1. The van der Waals surface area contributed by atoms with Gasteiger partial charge in [0.1, 0.15) is 0 Å². The summed E-state index contributed by atoms with van der Waals surface area (Å²) in [5.74, 6) is 0.470. The molecule has 3 atom stereocenters. The smallest absolute Gasteiger partial charge is 0.308 e. The summed E-state index contributed by atoms with van der Waals surface area (Å²) < 4.78 is 4.74. The highest BCUT2D eigenvalue weighted by atomic mass is 35.5. The summed E-state index contributed by atoms with van der Waals surface area (Å²) in [4.78, 5) is 11.3. The fourth-order valence-corrected chi connectivity index (χ4v) is 2.00. The van der Waals surface area contributed by atoms with E-state index in [2.05, 4.69) is 12.2 Å². The number of esters is 1. The number of carbonyl (C=O) groups excluding carboxylic acids is 1. The molecule has 4 heteroatoms. The van der Waals surface area contributed by atoms with Crippen LogP contribution in [0.5, 0.6) is 0 Å². The quantitative estimate of drug-likeness (QED) is 0.720. The van der Waals surface area contributed by atoms with Crippen LogP contribution in [0.25, 0.3) is 0 Å². The first-order valence-electron chi connectivity index (χ1n) is 4.96. The summed E-state index contributed by atoms with van der Waals surface area (Å²) in [5, 5.41) is 3.37. The maximum atomic E-state index is 11.3. The second kappa shape index (κ2) is 6.25. The van der Waals surface area contributed by atoms with Crippen molar-refractivity contribution in [1.82, 2.24) is 5.32 Å². The molecule has 0 aromatic rings. The summed E-state index contributed by atoms with van der Waals surface area (Å²) >= 11 is 0. The van der Waals surface area contributed by atoms with Crippen molar-refractivity contribution >= 4 is 18.4 Å². The Balaban J connectivity index is 0.00000169. The number of piperidine rings is 1. The first-order chi connectivity index (χ1) is 6.15. The van der Waals surface area contributed by atoms with E-state index in [-0.39, 0.29) is 24.3 Å². The van der Waals surface area contributed by atoms with Crippen LogP contribution in [0.3, 0.4) is 0 Å². The van der Waals surface area contributed by atoms with Gasteiger partial charge in [-0.1, -0.05) is 6.92 Å². The van der Waals surface area contributed by atoms with Crippen molar-refractivity contribution in [3.63, 3.8) is 0 Å². The van der Waals surface area contributed by atoms with Crippen LogP contribution in [-0.4, -0.2) is 25.7 Å². The van der Waals surface area contributed by atoms with Crippen molar-refractivity contribution in [2.75, 3.05) is 13.7 Å². The van der Waals surface area contributed by atoms with Gasteiger partial charge in [-0.2, -0.15) is 0 Å². The van der Waals surface area contributed by atoms with Crippen molar-refractivity contribution in [3.8, 4) is 0 Å². The lowest BCUT2D eigenvalue weighted by Crippen LogP contribution is -2.39. The van der Waals surface area contributed by atoms with Crippen LogP contribution in [0.2, 0.25) is 0 Å². The Kier molecular flexibility index (Phi) is 6.12. The fourth-order valence-electron chi connectivity index (χ4n) is 2.00. The molecule has 0 saturated carbocycles. The van der Waals surface area contributed by atoms with Gasteiger partial charge in [0.2, 0.25) is 0 Å². The third-order valence-corrected chi connectivity index (χ3v) is 2.94. The standard InChI is InChI=1S/C10H19NO2.ClH/c1-7-6-9(4-5-11-7)8(2)10(12)13-3;/h7-9,11H,4-6H2,1-3H3;1H. The highest BCUT2D eigenvalue weighted by Gasteiger charge is 2.28. The molecular formula is C10H20ClNO2. The third kappa shape index (κ3) is 3.46. The predicted molar refractivity (Wildman–Crippen MR) is 58.6 cm³/mol. The Morgan fingerprint density at radius 3 is 2.71 bits per heavy atom. The van der Waals surface area contributed by atoms with E-state index in [0.29, 0.717) is 12.0 Å². The fraction of sp³-hybridized carbons (Fsp3) is 0.900. The number of hydrogen-bond donors (Lipinski definition) is 1. The van der Waals surface area contributed by atoms with E-state index in [1.54, 1.807) is 0 Å². The second-order valence-corrected chi connectivity index (χ2v) is 3.95. The Morgan fingerprint density at radius 1 is 1.57 bits per heavy atom. The lowest BCUT2D eigenvalue weighted by molar-refractivity contribution is -0.147. The molecule has 1 rings (SSSR count). The van der Waals surface area contributed by atoms with E-state index in [1.807, 2.05) is 6.92 Å². The zero-order valence-corrected chi connectivity index (χ0v) is 9.89. The minimum Gasteiger partial charge on any atom is -0.469 e. The van der Waals surface area contributed by atoms with Gasteiger partial charge < -0.3 is 10.1 Å². The molecular weight excluding hydrogens is 202 g/mol.